The third-order valence-electron chi connectivity index (χ3n) is 6.17. The van der Waals surface area contributed by atoms with Crippen LogP contribution in [0.3, 0.4) is 0 Å². The van der Waals surface area contributed by atoms with Gasteiger partial charge in [0, 0.05) is 34.6 Å². The Kier molecular flexibility index (Phi) is 11.8. The highest BCUT2D eigenvalue weighted by Crippen LogP contribution is 2.31. The van der Waals surface area contributed by atoms with Crippen molar-refractivity contribution in [3.63, 3.8) is 0 Å². The van der Waals surface area contributed by atoms with Crippen molar-refractivity contribution in [3.8, 4) is 0 Å². The molecule has 0 aromatic heterocycles. The number of anilines is 1. The van der Waals surface area contributed by atoms with E-state index >= 15 is 0 Å². The molecule has 12 heteroatoms. The lowest BCUT2D eigenvalue weighted by Gasteiger charge is -2.34. The van der Waals surface area contributed by atoms with Gasteiger partial charge in [0.25, 0.3) is 0 Å². The Hall–Kier alpha value is -2.49. The molecule has 0 unspecified atom stereocenters. The van der Waals surface area contributed by atoms with Crippen molar-refractivity contribution in [1.29, 1.82) is 0 Å². The first-order valence-corrected chi connectivity index (χ1v) is 16.1. The van der Waals surface area contributed by atoms with E-state index in [1.807, 2.05) is 44.2 Å². The van der Waals surface area contributed by atoms with Crippen molar-refractivity contribution in [3.05, 3.63) is 97.9 Å². The van der Waals surface area contributed by atoms with Crippen LogP contribution in [0, 0.1) is 5.92 Å². The van der Waals surface area contributed by atoms with Crippen LogP contribution in [0.4, 0.5) is 5.69 Å². The second-order valence-electron chi connectivity index (χ2n) is 9.97. The highest BCUT2D eigenvalue weighted by atomic mass is 35.5. The van der Waals surface area contributed by atoms with Gasteiger partial charge in [-0.05, 0) is 47.4 Å². The summed E-state index contributed by atoms with van der Waals surface area (Å²) >= 11 is 25.0. The molecule has 1 atom stereocenters. The summed E-state index contributed by atoms with van der Waals surface area (Å²) in [6, 6.07) is 17.4. The number of halogens is 4. The first-order chi connectivity index (χ1) is 19.3. The van der Waals surface area contributed by atoms with Gasteiger partial charge < -0.3 is 10.2 Å². The summed E-state index contributed by atoms with van der Waals surface area (Å²) < 4.78 is 26.7. The molecule has 0 aliphatic heterocycles. The van der Waals surface area contributed by atoms with E-state index in [2.05, 4.69) is 5.32 Å². The van der Waals surface area contributed by atoms with Crippen molar-refractivity contribution < 1.29 is 18.0 Å². The van der Waals surface area contributed by atoms with Gasteiger partial charge in [-0.3, -0.25) is 13.9 Å². The minimum Gasteiger partial charge on any atom is -0.354 e. The van der Waals surface area contributed by atoms with Gasteiger partial charge in [-0.2, -0.15) is 0 Å². The van der Waals surface area contributed by atoms with E-state index in [9.17, 15) is 18.0 Å². The number of hydrogen-bond acceptors (Lipinski definition) is 4. The van der Waals surface area contributed by atoms with Gasteiger partial charge in [-0.25, -0.2) is 8.42 Å². The van der Waals surface area contributed by atoms with Gasteiger partial charge in [0.2, 0.25) is 21.8 Å². The minimum atomic E-state index is -4.00. The summed E-state index contributed by atoms with van der Waals surface area (Å²) in [5.41, 5.74) is 1.39. The van der Waals surface area contributed by atoms with Crippen LogP contribution < -0.4 is 9.62 Å². The third-order valence-corrected chi connectivity index (χ3v) is 8.44. The Bertz CT molecular complexity index is 1490. The molecule has 7 nitrogen and oxygen atoms in total. The van der Waals surface area contributed by atoms with Crippen molar-refractivity contribution in [2.45, 2.75) is 32.9 Å². The molecule has 3 aromatic carbocycles. The number of sulfonamides is 1. The topological polar surface area (TPSA) is 86.8 Å². The number of rotatable bonds is 12. The van der Waals surface area contributed by atoms with Crippen molar-refractivity contribution in [1.82, 2.24) is 10.2 Å². The number of nitrogens with zero attached hydrogens (tertiary/aromatic N) is 2. The number of benzene rings is 3. The highest BCUT2D eigenvalue weighted by Gasteiger charge is 2.34. The molecule has 0 aliphatic rings. The van der Waals surface area contributed by atoms with Crippen LogP contribution in [0.1, 0.15) is 25.0 Å². The Morgan fingerprint density at radius 2 is 1.51 bits per heavy atom. The molecular formula is C29H31Cl4N3O4S. The van der Waals surface area contributed by atoms with Crippen LogP contribution in [-0.4, -0.2) is 50.5 Å². The molecule has 0 heterocycles. The molecule has 2 amide bonds. The minimum absolute atomic E-state index is 0.0448. The molecule has 0 spiro atoms. The summed E-state index contributed by atoms with van der Waals surface area (Å²) in [6.45, 7) is 3.60. The Balaban J connectivity index is 2.10. The van der Waals surface area contributed by atoms with E-state index in [1.165, 1.54) is 23.1 Å². The van der Waals surface area contributed by atoms with Gasteiger partial charge in [-0.15, -0.1) is 0 Å². The lowest BCUT2D eigenvalue weighted by molar-refractivity contribution is -0.140. The first kappa shape index (κ1) is 33.0. The summed E-state index contributed by atoms with van der Waals surface area (Å²) in [6.07, 6.45) is 1.15. The van der Waals surface area contributed by atoms with Crippen LogP contribution in [0.25, 0.3) is 0 Å². The zero-order chi connectivity index (χ0) is 30.3. The largest absolute Gasteiger partial charge is 0.354 e. The molecule has 0 saturated carbocycles. The molecule has 0 saturated heterocycles. The fourth-order valence-electron chi connectivity index (χ4n) is 4.08. The van der Waals surface area contributed by atoms with E-state index < -0.39 is 28.5 Å². The van der Waals surface area contributed by atoms with E-state index in [4.69, 9.17) is 46.4 Å². The van der Waals surface area contributed by atoms with Crippen LogP contribution >= 0.6 is 46.4 Å². The van der Waals surface area contributed by atoms with Gasteiger partial charge >= 0.3 is 0 Å². The fraction of sp³-hybridized carbons (Fsp3) is 0.310. The summed E-state index contributed by atoms with van der Waals surface area (Å²) in [7, 11) is -4.00. The van der Waals surface area contributed by atoms with Gasteiger partial charge in [0.15, 0.2) is 0 Å². The summed E-state index contributed by atoms with van der Waals surface area (Å²) in [5.74, 6) is -0.859. The molecular weight excluding hydrogens is 628 g/mol. The molecule has 3 rings (SSSR count). The molecule has 3 aromatic rings. The monoisotopic (exact) mass is 657 g/mol. The van der Waals surface area contributed by atoms with Gasteiger partial charge in [0.05, 0.1) is 17.0 Å². The standard InChI is InChI=1S/C29H31Cl4N3O4S/c1-19(2)16-34-29(38)27(13-20-7-5-4-6-8-20)35(17-21-9-10-22(30)14-25(21)33)28(37)18-36(41(3,39)40)26-15-23(31)11-12-24(26)32/h4-12,14-15,19,27H,13,16-18H2,1-3H3,(H,34,38)/t27-/m0/s1. The number of carbonyl (C=O) groups is 2. The normalized spacial score (nSPS) is 12.2. The highest BCUT2D eigenvalue weighted by molar-refractivity contribution is 7.92. The molecule has 1 N–H and O–H groups in total. The lowest BCUT2D eigenvalue weighted by atomic mass is 10.0. The van der Waals surface area contributed by atoms with Gasteiger partial charge in [-0.1, -0.05) is 96.6 Å². The summed E-state index contributed by atoms with van der Waals surface area (Å²) in [4.78, 5) is 29.1. The molecule has 0 fully saturated rings. The van der Waals surface area contributed by atoms with Crippen LogP contribution in [0.15, 0.2) is 66.7 Å². The second-order valence-corrected chi connectivity index (χ2v) is 13.6. The maximum absolute atomic E-state index is 14.1. The zero-order valence-corrected chi connectivity index (χ0v) is 26.6. The van der Waals surface area contributed by atoms with Crippen molar-refractivity contribution >= 4 is 73.9 Å². The number of carbonyl (C=O) groups excluding carboxylic acids is 2. The molecule has 0 bridgehead atoms. The van der Waals surface area contributed by atoms with E-state index in [-0.39, 0.29) is 40.5 Å². The number of nitrogens with one attached hydrogen (secondary N) is 1. The van der Waals surface area contributed by atoms with Crippen LogP contribution in [-0.2, 0) is 32.6 Å². The quantitative estimate of drug-likeness (QED) is 0.241. The lowest BCUT2D eigenvalue weighted by Crippen LogP contribution is -2.53. The summed E-state index contributed by atoms with van der Waals surface area (Å²) in [5, 5.41) is 3.96. The SMILES string of the molecule is CC(C)CNC(=O)[C@H](Cc1ccccc1)N(Cc1ccc(Cl)cc1Cl)C(=O)CN(c1cc(Cl)ccc1Cl)S(C)(=O)=O. The first-order valence-electron chi connectivity index (χ1n) is 12.7. The van der Waals surface area contributed by atoms with Crippen LogP contribution in [0.5, 0.6) is 0 Å². The van der Waals surface area contributed by atoms with Crippen molar-refractivity contribution in [2.24, 2.45) is 5.92 Å². The van der Waals surface area contributed by atoms with E-state index in [0.29, 0.717) is 22.2 Å². The van der Waals surface area contributed by atoms with Crippen LogP contribution in [0.2, 0.25) is 20.1 Å². The second kappa shape index (κ2) is 14.6. The number of hydrogen-bond donors (Lipinski definition) is 1. The predicted molar refractivity (Wildman–Crippen MR) is 167 cm³/mol. The molecule has 41 heavy (non-hydrogen) atoms. The fourth-order valence-corrected chi connectivity index (χ4v) is 5.84. The molecule has 0 radical (unpaired) electrons. The third kappa shape index (κ3) is 9.51. The maximum atomic E-state index is 14.1. The average molecular weight is 659 g/mol. The molecule has 0 aliphatic carbocycles. The number of amides is 2. The molecule has 220 valence electrons. The maximum Gasteiger partial charge on any atom is 0.244 e. The van der Waals surface area contributed by atoms with Gasteiger partial charge in [0.1, 0.15) is 12.6 Å². The average Bonchev–Trinajstić information content (AvgIpc) is 2.90. The van der Waals surface area contributed by atoms with E-state index in [0.717, 1.165) is 16.1 Å². The zero-order valence-electron chi connectivity index (χ0n) is 22.8. The van der Waals surface area contributed by atoms with E-state index in [1.54, 1.807) is 18.2 Å². The smallest absolute Gasteiger partial charge is 0.244 e. The Labute approximate surface area is 261 Å². The Morgan fingerprint density at radius 3 is 2.12 bits per heavy atom. The van der Waals surface area contributed by atoms with Crippen molar-refractivity contribution in [2.75, 3.05) is 23.7 Å². The Morgan fingerprint density at radius 1 is 0.878 bits per heavy atom. The predicted octanol–water partition coefficient (Wildman–Crippen LogP) is 6.48.